The molecule has 0 spiro atoms. The highest BCUT2D eigenvalue weighted by Gasteiger charge is 2.19. The van der Waals surface area contributed by atoms with Crippen molar-refractivity contribution in [3.8, 4) is 0 Å². The molecule has 0 saturated heterocycles. The number of nitrogens with zero attached hydrogens (tertiary/aromatic N) is 3. The number of hydrogen-bond donors (Lipinski definition) is 0. The van der Waals surface area contributed by atoms with Gasteiger partial charge in [-0.15, -0.1) is 16.8 Å². The third-order valence-corrected chi connectivity index (χ3v) is 4.52. The van der Waals surface area contributed by atoms with Gasteiger partial charge < -0.3 is 9.30 Å². The molecule has 1 saturated carbocycles. The zero-order chi connectivity index (χ0) is 12.8. The minimum atomic E-state index is 0.506. The van der Waals surface area contributed by atoms with Crippen LogP contribution in [0.15, 0.2) is 17.8 Å². The second-order valence-corrected chi connectivity index (χ2v) is 5.88. The fourth-order valence-electron chi connectivity index (χ4n) is 2.29. The summed E-state index contributed by atoms with van der Waals surface area (Å²) in [6.07, 6.45) is 8.55. The monoisotopic (exact) mass is 267 g/mol. The fourth-order valence-corrected chi connectivity index (χ4v) is 3.55. The molecule has 0 N–H and O–H groups in total. The highest BCUT2D eigenvalue weighted by atomic mass is 32.2. The highest BCUT2D eigenvalue weighted by molar-refractivity contribution is 7.99. The van der Waals surface area contributed by atoms with Gasteiger partial charge in [0.1, 0.15) is 6.61 Å². The summed E-state index contributed by atoms with van der Waals surface area (Å²) in [5.41, 5.74) is 0. The van der Waals surface area contributed by atoms with E-state index in [-0.39, 0.29) is 0 Å². The fraction of sp³-hybridized carbons (Fsp3) is 0.692. The summed E-state index contributed by atoms with van der Waals surface area (Å²) >= 11 is 1.86. The Labute approximate surface area is 113 Å². The molecule has 4 nitrogen and oxygen atoms in total. The molecule has 0 aliphatic heterocycles. The van der Waals surface area contributed by atoms with Gasteiger partial charge >= 0.3 is 0 Å². The molecule has 1 aliphatic rings. The first kappa shape index (κ1) is 13.6. The van der Waals surface area contributed by atoms with E-state index in [0.717, 1.165) is 17.5 Å². The second kappa shape index (κ2) is 6.95. The van der Waals surface area contributed by atoms with Crippen LogP contribution in [0.4, 0.5) is 0 Å². The molecule has 1 aromatic rings. The van der Waals surface area contributed by atoms with Crippen molar-refractivity contribution in [3.63, 3.8) is 0 Å². The lowest BCUT2D eigenvalue weighted by atomic mass is 10.0. The highest BCUT2D eigenvalue weighted by Crippen LogP contribution is 2.32. The summed E-state index contributed by atoms with van der Waals surface area (Å²) in [5, 5.41) is 10.2. The zero-order valence-electron chi connectivity index (χ0n) is 11.0. The van der Waals surface area contributed by atoms with Gasteiger partial charge in [-0.3, -0.25) is 0 Å². The molecule has 1 aromatic heterocycles. The average molecular weight is 267 g/mol. The van der Waals surface area contributed by atoms with E-state index in [1.807, 2.05) is 17.8 Å². The van der Waals surface area contributed by atoms with Crippen molar-refractivity contribution < 1.29 is 4.74 Å². The molecule has 100 valence electrons. The van der Waals surface area contributed by atoms with Crippen LogP contribution in [0.5, 0.6) is 0 Å². The van der Waals surface area contributed by atoms with Crippen LogP contribution in [-0.2, 0) is 17.9 Å². The maximum Gasteiger partial charge on any atom is 0.191 e. The number of aromatic nitrogens is 3. The number of rotatable bonds is 6. The molecule has 0 aromatic carbocycles. The lowest BCUT2D eigenvalue weighted by molar-refractivity contribution is 0.174. The van der Waals surface area contributed by atoms with Crippen LogP contribution < -0.4 is 0 Å². The van der Waals surface area contributed by atoms with E-state index in [1.54, 1.807) is 7.11 Å². The summed E-state index contributed by atoms with van der Waals surface area (Å²) in [6.45, 7) is 5.06. The number of ether oxygens (including phenoxy) is 1. The van der Waals surface area contributed by atoms with E-state index in [1.165, 1.54) is 32.1 Å². The van der Waals surface area contributed by atoms with Crippen LogP contribution in [-0.4, -0.2) is 27.1 Å². The Bertz CT molecular complexity index is 386. The quantitative estimate of drug-likeness (QED) is 0.743. The number of hydrogen-bond acceptors (Lipinski definition) is 4. The van der Waals surface area contributed by atoms with Crippen molar-refractivity contribution in [1.29, 1.82) is 0 Å². The molecule has 0 radical (unpaired) electrons. The molecular formula is C13H21N3OS. The molecule has 18 heavy (non-hydrogen) atoms. The third-order valence-electron chi connectivity index (χ3n) is 3.20. The molecule has 1 aliphatic carbocycles. The Morgan fingerprint density at radius 1 is 1.39 bits per heavy atom. The van der Waals surface area contributed by atoms with E-state index >= 15 is 0 Å². The molecule has 0 atom stereocenters. The smallest absolute Gasteiger partial charge is 0.191 e. The van der Waals surface area contributed by atoms with Crippen LogP contribution in [0.2, 0.25) is 0 Å². The van der Waals surface area contributed by atoms with Crippen molar-refractivity contribution in [1.82, 2.24) is 14.8 Å². The largest absolute Gasteiger partial charge is 0.377 e. The lowest BCUT2D eigenvalue weighted by Gasteiger charge is -2.20. The molecule has 0 bridgehead atoms. The maximum absolute atomic E-state index is 5.15. The summed E-state index contributed by atoms with van der Waals surface area (Å²) in [7, 11) is 1.68. The van der Waals surface area contributed by atoms with E-state index in [0.29, 0.717) is 11.9 Å². The molecule has 0 amide bonds. The van der Waals surface area contributed by atoms with Gasteiger partial charge in [-0.2, -0.15) is 0 Å². The van der Waals surface area contributed by atoms with Crippen molar-refractivity contribution >= 4 is 11.8 Å². The molecular weight excluding hydrogens is 246 g/mol. The molecule has 1 fully saturated rings. The van der Waals surface area contributed by atoms with Crippen molar-refractivity contribution in [2.24, 2.45) is 0 Å². The van der Waals surface area contributed by atoms with Crippen LogP contribution in [0, 0.1) is 0 Å². The van der Waals surface area contributed by atoms with E-state index in [4.69, 9.17) is 4.74 Å². The first-order chi connectivity index (χ1) is 8.85. The minimum absolute atomic E-state index is 0.506. The van der Waals surface area contributed by atoms with Crippen LogP contribution in [0.1, 0.15) is 37.9 Å². The maximum atomic E-state index is 5.15. The normalized spacial score (nSPS) is 16.9. The van der Waals surface area contributed by atoms with Gasteiger partial charge in [0.15, 0.2) is 11.0 Å². The second-order valence-electron chi connectivity index (χ2n) is 4.61. The zero-order valence-corrected chi connectivity index (χ0v) is 11.8. The standard InChI is InChI=1S/C13H21N3OS/c1-3-9-16-12(10-17-2)14-15-13(16)18-11-7-5-4-6-8-11/h3,11H,1,4-10H2,2H3. The predicted molar refractivity (Wildman–Crippen MR) is 73.7 cm³/mol. The number of methoxy groups -OCH3 is 1. The number of thioether (sulfide) groups is 1. The summed E-state index contributed by atoms with van der Waals surface area (Å²) in [5.74, 6) is 0.885. The summed E-state index contributed by atoms with van der Waals surface area (Å²) < 4.78 is 7.26. The van der Waals surface area contributed by atoms with Crippen molar-refractivity contribution in [2.45, 2.75) is 55.7 Å². The lowest BCUT2D eigenvalue weighted by Crippen LogP contribution is -2.11. The van der Waals surface area contributed by atoms with Crippen LogP contribution in [0.25, 0.3) is 0 Å². The Hall–Kier alpha value is -0.810. The van der Waals surface area contributed by atoms with Crippen LogP contribution in [0.3, 0.4) is 0 Å². The Morgan fingerprint density at radius 2 is 2.17 bits per heavy atom. The predicted octanol–water partition coefficient (Wildman–Crippen LogP) is 3.04. The first-order valence-corrected chi connectivity index (χ1v) is 7.41. The van der Waals surface area contributed by atoms with Crippen LogP contribution >= 0.6 is 11.8 Å². The Kier molecular flexibility index (Phi) is 5.26. The average Bonchev–Trinajstić information content (AvgIpc) is 2.75. The first-order valence-electron chi connectivity index (χ1n) is 6.53. The van der Waals surface area contributed by atoms with E-state index in [9.17, 15) is 0 Å². The van der Waals surface area contributed by atoms with E-state index < -0.39 is 0 Å². The molecule has 5 heteroatoms. The van der Waals surface area contributed by atoms with Gasteiger partial charge in [-0.05, 0) is 12.8 Å². The molecule has 0 unspecified atom stereocenters. The SMILES string of the molecule is C=CCn1c(COC)nnc1SC1CCCCC1. The van der Waals surface area contributed by atoms with Gasteiger partial charge in [0, 0.05) is 18.9 Å². The van der Waals surface area contributed by atoms with Gasteiger partial charge in [-0.1, -0.05) is 37.1 Å². The Balaban J connectivity index is 2.07. The topological polar surface area (TPSA) is 39.9 Å². The van der Waals surface area contributed by atoms with Gasteiger partial charge in [0.25, 0.3) is 0 Å². The molecule has 2 rings (SSSR count). The minimum Gasteiger partial charge on any atom is -0.377 e. The third kappa shape index (κ3) is 3.36. The number of allylic oxidation sites excluding steroid dienone is 1. The van der Waals surface area contributed by atoms with Gasteiger partial charge in [-0.25, -0.2) is 0 Å². The Morgan fingerprint density at radius 3 is 2.83 bits per heavy atom. The van der Waals surface area contributed by atoms with Gasteiger partial charge in [0.2, 0.25) is 0 Å². The van der Waals surface area contributed by atoms with Crippen molar-refractivity contribution in [2.75, 3.05) is 7.11 Å². The summed E-state index contributed by atoms with van der Waals surface area (Å²) in [4.78, 5) is 0. The summed E-state index contributed by atoms with van der Waals surface area (Å²) in [6, 6.07) is 0. The van der Waals surface area contributed by atoms with E-state index in [2.05, 4.69) is 21.3 Å². The molecule has 1 heterocycles. The van der Waals surface area contributed by atoms with Gasteiger partial charge in [0.05, 0.1) is 0 Å². The van der Waals surface area contributed by atoms with Crippen molar-refractivity contribution in [3.05, 3.63) is 18.5 Å².